The molecule has 0 spiro atoms. The Bertz CT molecular complexity index is 1040. The number of benzene rings is 2. The normalized spacial score (nSPS) is 18.0. The summed E-state index contributed by atoms with van der Waals surface area (Å²) in [6.45, 7) is 3.26. The molecule has 2 aromatic rings. The Morgan fingerprint density at radius 2 is 1.97 bits per heavy atom. The van der Waals surface area contributed by atoms with Gasteiger partial charge in [-0.05, 0) is 43.2 Å². The molecular formula is C24H26N4O4. The first kappa shape index (κ1) is 21.5. The summed E-state index contributed by atoms with van der Waals surface area (Å²) < 4.78 is 5.08. The fourth-order valence-electron chi connectivity index (χ4n) is 3.94. The van der Waals surface area contributed by atoms with E-state index in [1.54, 1.807) is 11.9 Å². The van der Waals surface area contributed by atoms with Crippen molar-refractivity contribution in [1.82, 2.24) is 4.90 Å². The molecule has 32 heavy (non-hydrogen) atoms. The van der Waals surface area contributed by atoms with Crippen molar-refractivity contribution in [2.75, 3.05) is 23.5 Å². The van der Waals surface area contributed by atoms with Crippen LogP contribution in [0.1, 0.15) is 31.7 Å². The average Bonchev–Trinajstić information content (AvgIpc) is 3.42. The molecule has 2 aromatic carbocycles. The summed E-state index contributed by atoms with van der Waals surface area (Å²) in [5, 5.41) is 8.89. The fourth-order valence-corrected chi connectivity index (χ4v) is 3.94. The highest BCUT2D eigenvalue weighted by molar-refractivity contribution is 6.38. The molecule has 0 radical (unpaired) electrons. The number of anilines is 2. The third-order valence-corrected chi connectivity index (χ3v) is 5.48. The molecule has 2 heterocycles. The molecule has 1 unspecified atom stereocenters. The SMILES string of the molecule is CCOC(=O)C1=NN(c2ccccc2)C(C(=O)Nc2cccc(CN3CCCC3=O)c2)C1. The minimum atomic E-state index is -0.680. The van der Waals surface area contributed by atoms with Gasteiger partial charge in [0.1, 0.15) is 11.8 Å². The molecule has 0 bridgehead atoms. The smallest absolute Gasteiger partial charge is 0.354 e. The highest BCUT2D eigenvalue weighted by Gasteiger charge is 2.37. The van der Waals surface area contributed by atoms with Crippen molar-refractivity contribution in [3.63, 3.8) is 0 Å². The standard InChI is InChI=1S/C24H26N4O4/c1-2-32-24(31)20-15-21(28(26-20)19-10-4-3-5-11-19)23(30)25-18-9-6-8-17(14-18)16-27-13-7-12-22(27)29/h3-6,8-11,14,21H,2,7,12-13,15-16H2,1H3,(H,25,30). The number of likely N-dealkylation sites (tertiary alicyclic amines) is 1. The van der Waals surface area contributed by atoms with Gasteiger partial charge in [-0.25, -0.2) is 4.79 Å². The molecule has 1 atom stereocenters. The van der Waals surface area contributed by atoms with Gasteiger partial charge in [-0.15, -0.1) is 0 Å². The van der Waals surface area contributed by atoms with Crippen LogP contribution in [0.25, 0.3) is 0 Å². The average molecular weight is 434 g/mol. The number of nitrogens with one attached hydrogen (secondary N) is 1. The lowest BCUT2D eigenvalue weighted by molar-refractivity contribution is -0.135. The highest BCUT2D eigenvalue weighted by atomic mass is 16.5. The molecule has 1 fully saturated rings. The summed E-state index contributed by atoms with van der Waals surface area (Å²) in [7, 11) is 0. The Hall–Kier alpha value is -3.68. The minimum absolute atomic E-state index is 0.154. The molecule has 4 rings (SSSR count). The molecule has 0 aliphatic carbocycles. The van der Waals surface area contributed by atoms with Crippen molar-refractivity contribution in [2.45, 2.75) is 38.8 Å². The highest BCUT2D eigenvalue weighted by Crippen LogP contribution is 2.26. The molecule has 8 nitrogen and oxygen atoms in total. The summed E-state index contributed by atoms with van der Waals surface area (Å²) in [6.07, 6.45) is 1.63. The van der Waals surface area contributed by atoms with Crippen molar-refractivity contribution in [3.05, 3.63) is 60.2 Å². The van der Waals surface area contributed by atoms with E-state index < -0.39 is 12.0 Å². The quantitative estimate of drug-likeness (QED) is 0.677. The van der Waals surface area contributed by atoms with Gasteiger partial charge in [0.25, 0.3) is 0 Å². The van der Waals surface area contributed by atoms with Crippen LogP contribution in [-0.4, -0.2) is 47.6 Å². The number of carbonyl (C=O) groups is 3. The third kappa shape index (κ3) is 4.80. The number of hydrogen-bond acceptors (Lipinski definition) is 6. The van der Waals surface area contributed by atoms with Gasteiger partial charge in [0.15, 0.2) is 0 Å². The Morgan fingerprint density at radius 3 is 2.69 bits per heavy atom. The van der Waals surface area contributed by atoms with Gasteiger partial charge in [-0.3, -0.25) is 14.6 Å². The summed E-state index contributed by atoms with van der Waals surface area (Å²) >= 11 is 0. The van der Waals surface area contributed by atoms with Crippen molar-refractivity contribution >= 4 is 34.9 Å². The number of hydrazone groups is 1. The molecule has 2 aliphatic heterocycles. The molecule has 8 heteroatoms. The maximum Gasteiger partial charge on any atom is 0.354 e. The van der Waals surface area contributed by atoms with E-state index in [9.17, 15) is 14.4 Å². The maximum absolute atomic E-state index is 13.2. The van der Waals surface area contributed by atoms with E-state index in [0.717, 1.165) is 18.5 Å². The number of nitrogens with zero attached hydrogens (tertiary/aromatic N) is 3. The van der Waals surface area contributed by atoms with E-state index in [2.05, 4.69) is 10.4 Å². The van der Waals surface area contributed by atoms with Gasteiger partial charge < -0.3 is 15.0 Å². The Balaban J connectivity index is 1.49. The monoisotopic (exact) mass is 434 g/mol. The van der Waals surface area contributed by atoms with E-state index >= 15 is 0 Å². The van der Waals surface area contributed by atoms with Crippen LogP contribution in [0, 0.1) is 0 Å². The van der Waals surface area contributed by atoms with Gasteiger partial charge in [-0.2, -0.15) is 5.10 Å². The predicted molar refractivity (Wildman–Crippen MR) is 121 cm³/mol. The van der Waals surface area contributed by atoms with E-state index in [0.29, 0.717) is 24.3 Å². The van der Waals surface area contributed by atoms with Crippen LogP contribution in [0.3, 0.4) is 0 Å². The Labute approximate surface area is 186 Å². The molecule has 0 saturated carbocycles. The fraction of sp³-hybridized carbons (Fsp3) is 0.333. The summed E-state index contributed by atoms with van der Waals surface area (Å²) in [5.74, 6) is -0.625. The zero-order valence-electron chi connectivity index (χ0n) is 18.0. The molecule has 1 N–H and O–H groups in total. The van der Waals surface area contributed by atoms with Crippen molar-refractivity contribution < 1.29 is 19.1 Å². The molecule has 2 amide bonds. The first-order valence-electron chi connectivity index (χ1n) is 10.8. The van der Waals surface area contributed by atoms with Gasteiger partial charge in [0, 0.05) is 31.6 Å². The zero-order valence-corrected chi connectivity index (χ0v) is 18.0. The lowest BCUT2D eigenvalue weighted by Gasteiger charge is -2.23. The number of esters is 1. The van der Waals surface area contributed by atoms with Crippen LogP contribution in [0.5, 0.6) is 0 Å². The largest absolute Gasteiger partial charge is 0.461 e. The van der Waals surface area contributed by atoms with E-state index in [1.807, 2.05) is 59.5 Å². The second-order valence-corrected chi connectivity index (χ2v) is 7.78. The second-order valence-electron chi connectivity index (χ2n) is 7.78. The third-order valence-electron chi connectivity index (χ3n) is 5.48. The summed E-state index contributed by atoms with van der Waals surface area (Å²) in [4.78, 5) is 39.2. The number of amides is 2. The first-order valence-corrected chi connectivity index (χ1v) is 10.8. The lowest BCUT2D eigenvalue weighted by atomic mass is 10.1. The molecule has 2 aliphatic rings. The van der Waals surface area contributed by atoms with Gasteiger partial charge in [0.05, 0.1) is 12.3 Å². The topological polar surface area (TPSA) is 91.3 Å². The first-order chi connectivity index (χ1) is 15.5. The summed E-state index contributed by atoms with van der Waals surface area (Å²) in [5.41, 5.74) is 2.52. The lowest BCUT2D eigenvalue weighted by Crippen LogP contribution is -2.38. The predicted octanol–water partition coefficient (Wildman–Crippen LogP) is 2.95. The van der Waals surface area contributed by atoms with Gasteiger partial charge in [-0.1, -0.05) is 30.3 Å². The van der Waals surface area contributed by atoms with E-state index in [1.165, 1.54) is 0 Å². The van der Waals surface area contributed by atoms with Crippen LogP contribution < -0.4 is 10.3 Å². The number of hydrogen-bond donors (Lipinski definition) is 1. The van der Waals surface area contributed by atoms with Crippen molar-refractivity contribution in [2.24, 2.45) is 5.10 Å². The Kier molecular flexibility index (Phi) is 6.49. The van der Waals surface area contributed by atoms with Crippen LogP contribution in [0.2, 0.25) is 0 Å². The zero-order chi connectivity index (χ0) is 22.5. The molecular weight excluding hydrogens is 408 g/mol. The van der Waals surface area contributed by atoms with Gasteiger partial charge in [0.2, 0.25) is 11.8 Å². The molecule has 1 saturated heterocycles. The van der Waals surface area contributed by atoms with Crippen LogP contribution in [-0.2, 0) is 25.7 Å². The van der Waals surface area contributed by atoms with Crippen LogP contribution in [0.15, 0.2) is 59.7 Å². The molecule has 166 valence electrons. The van der Waals surface area contributed by atoms with Crippen LogP contribution >= 0.6 is 0 Å². The number of carbonyl (C=O) groups excluding carboxylic acids is 3. The molecule has 0 aromatic heterocycles. The minimum Gasteiger partial charge on any atom is -0.461 e. The summed E-state index contributed by atoms with van der Waals surface area (Å²) in [6, 6.07) is 16.1. The van der Waals surface area contributed by atoms with Crippen molar-refractivity contribution in [3.8, 4) is 0 Å². The van der Waals surface area contributed by atoms with E-state index in [4.69, 9.17) is 4.74 Å². The Morgan fingerprint density at radius 1 is 1.16 bits per heavy atom. The maximum atomic E-state index is 13.2. The number of para-hydroxylation sites is 1. The number of rotatable bonds is 7. The second kappa shape index (κ2) is 9.64. The van der Waals surface area contributed by atoms with Crippen molar-refractivity contribution in [1.29, 1.82) is 0 Å². The number of ether oxygens (including phenoxy) is 1. The van der Waals surface area contributed by atoms with Crippen LogP contribution in [0.4, 0.5) is 11.4 Å². The van der Waals surface area contributed by atoms with Gasteiger partial charge >= 0.3 is 5.97 Å². The van der Waals surface area contributed by atoms with E-state index in [-0.39, 0.29) is 30.6 Å².